The Morgan fingerprint density at radius 1 is 1.43 bits per heavy atom. The van der Waals surface area contributed by atoms with E-state index in [-0.39, 0.29) is 0 Å². The van der Waals surface area contributed by atoms with Gasteiger partial charge in [-0.05, 0) is 12.0 Å². The second-order valence-corrected chi connectivity index (χ2v) is 3.30. The molecule has 74 valence electrons. The van der Waals surface area contributed by atoms with Crippen molar-refractivity contribution in [2.24, 2.45) is 0 Å². The van der Waals surface area contributed by atoms with Crippen molar-refractivity contribution in [1.29, 1.82) is 0 Å². The van der Waals surface area contributed by atoms with Gasteiger partial charge in [-0.1, -0.05) is 24.3 Å². The van der Waals surface area contributed by atoms with Gasteiger partial charge in [-0.15, -0.1) is 0 Å². The summed E-state index contributed by atoms with van der Waals surface area (Å²) in [5, 5.41) is 18.5. The molecule has 1 atom stereocenters. The summed E-state index contributed by atoms with van der Waals surface area (Å²) in [6.45, 7) is 0.355. The summed E-state index contributed by atoms with van der Waals surface area (Å²) in [5.41, 5.74) is 1.72. The Bertz CT molecular complexity index is 364. The van der Waals surface area contributed by atoms with Crippen LogP contribution in [0.15, 0.2) is 24.3 Å². The van der Waals surface area contributed by atoms with Crippen LogP contribution in [0.4, 0.5) is 4.79 Å². The van der Waals surface area contributed by atoms with Crippen LogP contribution >= 0.6 is 0 Å². The van der Waals surface area contributed by atoms with Gasteiger partial charge >= 0.3 is 6.09 Å². The van der Waals surface area contributed by atoms with Gasteiger partial charge in [0.1, 0.15) is 0 Å². The van der Waals surface area contributed by atoms with Crippen LogP contribution in [-0.4, -0.2) is 27.8 Å². The predicted molar refractivity (Wildman–Crippen MR) is 49.8 cm³/mol. The van der Waals surface area contributed by atoms with Crippen LogP contribution in [0.1, 0.15) is 17.4 Å². The number of hydrogen-bond acceptors (Lipinski definition) is 2. The van der Waals surface area contributed by atoms with Crippen LogP contribution in [0, 0.1) is 0 Å². The lowest BCUT2D eigenvalue weighted by molar-refractivity contribution is 0.00405. The maximum absolute atomic E-state index is 10.7. The normalized spacial score (nSPS) is 20.4. The second kappa shape index (κ2) is 3.31. The van der Waals surface area contributed by atoms with E-state index in [9.17, 15) is 9.90 Å². The topological polar surface area (TPSA) is 60.8 Å². The maximum atomic E-state index is 10.7. The molecule has 1 aromatic carbocycles. The van der Waals surface area contributed by atoms with Crippen molar-refractivity contribution in [3.8, 4) is 0 Å². The molecular formula is C10H11NO3. The smallest absolute Gasteiger partial charge is 0.409 e. The molecule has 4 nitrogen and oxygen atoms in total. The van der Waals surface area contributed by atoms with E-state index in [1.165, 1.54) is 0 Å². The molecule has 0 fully saturated rings. The van der Waals surface area contributed by atoms with Crippen molar-refractivity contribution in [3.63, 3.8) is 0 Å². The van der Waals surface area contributed by atoms with Crippen LogP contribution in [0.2, 0.25) is 0 Å². The minimum Gasteiger partial charge on any atom is -0.465 e. The van der Waals surface area contributed by atoms with Crippen LogP contribution < -0.4 is 0 Å². The van der Waals surface area contributed by atoms with Crippen molar-refractivity contribution >= 4 is 6.09 Å². The molecule has 0 spiro atoms. The number of carboxylic acid groups (broad SMARTS) is 1. The summed E-state index contributed by atoms with van der Waals surface area (Å²) in [5.74, 6) is 0. The summed E-state index contributed by atoms with van der Waals surface area (Å²) in [6, 6.07) is 7.36. The van der Waals surface area contributed by atoms with E-state index in [0.717, 1.165) is 10.5 Å². The fraction of sp³-hybridized carbons (Fsp3) is 0.300. The number of amides is 1. The standard InChI is InChI=1S/C10H11NO3/c12-9-8-4-2-1-3-7(8)5-6-11(9)10(13)14/h1-4,9,12H,5-6H2,(H,13,14). The van der Waals surface area contributed by atoms with Gasteiger partial charge in [0.05, 0.1) is 0 Å². The van der Waals surface area contributed by atoms with E-state index in [4.69, 9.17) is 5.11 Å². The zero-order valence-electron chi connectivity index (χ0n) is 7.55. The zero-order chi connectivity index (χ0) is 10.1. The molecule has 0 saturated carbocycles. The molecule has 4 heteroatoms. The van der Waals surface area contributed by atoms with Crippen LogP contribution in [0.25, 0.3) is 0 Å². The number of aliphatic hydroxyl groups is 1. The SMILES string of the molecule is O=C(O)N1CCc2ccccc2C1O. The molecule has 1 amide bonds. The first-order valence-corrected chi connectivity index (χ1v) is 4.45. The molecule has 1 aliphatic rings. The fourth-order valence-corrected chi connectivity index (χ4v) is 1.75. The fourth-order valence-electron chi connectivity index (χ4n) is 1.75. The number of fused-ring (bicyclic) bond motifs is 1. The Labute approximate surface area is 81.4 Å². The molecule has 2 rings (SSSR count). The number of rotatable bonds is 0. The third kappa shape index (κ3) is 1.33. The molecule has 0 radical (unpaired) electrons. The van der Waals surface area contributed by atoms with Gasteiger partial charge in [-0.2, -0.15) is 0 Å². The summed E-state index contributed by atoms with van der Waals surface area (Å²) in [4.78, 5) is 11.8. The maximum Gasteiger partial charge on any atom is 0.409 e. The van der Waals surface area contributed by atoms with Gasteiger partial charge in [-0.25, -0.2) is 4.79 Å². The summed E-state index contributed by atoms with van der Waals surface area (Å²) in [6.07, 6.45) is -1.43. The molecule has 14 heavy (non-hydrogen) atoms. The van der Waals surface area contributed by atoms with Crippen LogP contribution in [0.3, 0.4) is 0 Å². The molecule has 0 aromatic heterocycles. The average molecular weight is 193 g/mol. The monoisotopic (exact) mass is 193 g/mol. The third-order valence-electron chi connectivity index (χ3n) is 2.50. The van der Waals surface area contributed by atoms with Gasteiger partial charge in [0.25, 0.3) is 0 Å². The number of benzene rings is 1. The highest BCUT2D eigenvalue weighted by Crippen LogP contribution is 2.26. The zero-order valence-corrected chi connectivity index (χ0v) is 7.55. The van der Waals surface area contributed by atoms with Gasteiger partial charge in [-0.3, -0.25) is 4.90 Å². The molecular weight excluding hydrogens is 182 g/mol. The Balaban J connectivity index is 2.36. The minimum atomic E-state index is -1.08. The number of hydrogen-bond donors (Lipinski definition) is 2. The second-order valence-electron chi connectivity index (χ2n) is 3.30. The van der Waals surface area contributed by atoms with Crippen molar-refractivity contribution in [2.75, 3.05) is 6.54 Å². The van der Waals surface area contributed by atoms with Gasteiger partial charge in [0.15, 0.2) is 6.23 Å². The lowest BCUT2D eigenvalue weighted by Gasteiger charge is -2.31. The molecule has 0 bridgehead atoms. The third-order valence-corrected chi connectivity index (χ3v) is 2.50. The van der Waals surface area contributed by atoms with Gasteiger partial charge in [0.2, 0.25) is 0 Å². The highest BCUT2D eigenvalue weighted by molar-refractivity contribution is 5.66. The largest absolute Gasteiger partial charge is 0.465 e. The molecule has 1 unspecified atom stereocenters. The van der Waals surface area contributed by atoms with E-state index in [1.807, 2.05) is 12.1 Å². The Kier molecular flexibility index (Phi) is 2.13. The van der Waals surface area contributed by atoms with Crippen LogP contribution in [0.5, 0.6) is 0 Å². The van der Waals surface area contributed by atoms with E-state index < -0.39 is 12.3 Å². The molecule has 0 saturated heterocycles. The number of aliphatic hydroxyl groups excluding tert-OH is 1. The first-order valence-electron chi connectivity index (χ1n) is 4.45. The highest BCUT2D eigenvalue weighted by Gasteiger charge is 2.28. The number of carbonyl (C=O) groups is 1. The Morgan fingerprint density at radius 3 is 2.86 bits per heavy atom. The Hall–Kier alpha value is -1.55. The van der Waals surface area contributed by atoms with Gasteiger partial charge < -0.3 is 10.2 Å². The van der Waals surface area contributed by atoms with E-state index in [2.05, 4.69) is 0 Å². The van der Waals surface area contributed by atoms with Crippen molar-refractivity contribution in [1.82, 2.24) is 4.90 Å². The van der Waals surface area contributed by atoms with E-state index >= 15 is 0 Å². The average Bonchev–Trinajstić information content (AvgIpc) is 2.18. The first kappa shape index (κ1) is 9.02. The van der Waals surface area contributed by atoms with Crippen molar-refractivity contribution in [2.45, 2.75) is 12.6 Å². The highest BCUT2D eigenvalue weighted by atomic mass is 16.4. The first-order chi connectivity index (χ1) is 6.70. The minimum absolute atomic E-state index is 0.355. The predicted octanol–water partition coefficient (Wildman–Crippen LogP) is 1.21. The quantitative estimate of drug-likeness (QED) is 0.651. The molecule has 1 aromatic rings. The van der Waals surface area contributed by atoms with Crippen molar-refractivity contribution < 1.29 is 15.0 Å². The van der Waals surface area contributed by atoms with E-state index in [0.29, 0.717) is 18.5 Å². The molecule has 1 heterocycles. The summed E-state index contributed by atoms with van der Waals surface area (Å²) < 4.78 is 0. The summed E-state index contributed by atoms with van der Waals surface area (Å²) in [7, 11) is 0. The van der Waals surface area contributed by atoms with Crippen molar-refractivity contribution in [3.05, 3.63) is 35.4 Å². The lowest BCUT2D eigenvalue weighted by atomic mass is 9.99. The lowest BCUT2D eigenvalue weighted by Crippen LogP contribution is -2.38. The molecule has 1 aliphatic heterocycles. The Morgan fingerprint density at radius 2 is 2.14 bits per heavy atom. The molecule has 0 aliphatic carbocycles. The van der Waals surface area contributed by atoms with Crippen LogP contribution in [-0.2, 0) is 6.42 Å². The number of nitrogens with zero attached hydrogens (tertiary/aromatic N) is 1. The van der Waals surface area contributed by atoms with Gasteiger partial charge in [0, 0.05) is 12.1 Å². The van der Waals surface area contributed by atoms with E-state index in [1.54, 1.807) is 12.1 Å². The summed E-state index contributed by atoms with van der Waals surface area (Å²) >= 11 is 0. The molecule has 2 N–H and O–H groups in total.